The molecule has 78 valence electrons. The second-order valence-electron chi connectivity index (χ2n) is 3.66. The first-order valence-electron chi connectivity index (χ1n) is 5.11. The summed E-state index contributed by atoms with van der Waals surface area (Å²) in [6.45, 7) is 1.54. The van der Waals surface area contributed by atoms with Crippen molar-refractivity contribution in [2.24, 2.45) is 5.73 Å². The van der Waals surface area contributed by atoms with Gasteiger partial charge in [0.2, 0.25) is 0 Å². The number of nitrogens with one attached hydrogen (secondary N) is 2. The monoisotopic (exact) mass is 201 g/mol. The Morgan fingerprint density at radius 2 is 2.00 bits per heavy atom. The molecular formula is C12H15N3. The molecule has 0 amide bonds. The molecule has 3 nitrogen and oxygen atoms in total. The molecule has 1 aliphatic heterocycles. The molecule has 3 heteroatoms. The molecule has 2 rings (SSSR count). The molecule has 1 aliphatic rings. The Kier molecular flexibility index (Phi) is 2.83. The Hall–Kier alpha value is -1.61. The van der Waals surface area contributed by atoms with E-state index in [1.165, 1.54) is 0 Å². The van der Waals surface area contributed by atoms with Gasteiger partial charge < -0.3 is 16.5 Å². The van der Waals surface area contributed by atoms with Gasteiger partial charge in [-0.2, -0.15) is 0 Å². The fourth-order valence-electron chi connectivity index (χ4n) is 1.77. The maximum absolute atomic E-state index is 7.83. The van der Waals surface area contributed by atoms with E-state index in [4.69, 9.17) is 11.1 Å². The molecule has 0 bridgehead atoms. The SMILES string of the molecule is N=C1CNCCC1=C(N)c1ccccc1. The van der Waals surface area contributed by atoms with E-state index in [0.717, 1.165) is 29.8 Å². The molecule has 4 N–H and O–H groups in total. The number of hydrogen-bond acceptors (Lipinski definition) is 3. The molecule has 1 aromatic carbocycles. The number of piperidine rings is 1. The van der Waals surface area contributed by atoms with Gasteiger partial charge in [0.15, 0.2) is 0 Å². The highest BCUT2D eigenvalue weighted by atomic mass is 14.9. The zero-order valence-electron chi connectivity index (χ0n) is 8.59. The molecular weight excluding hydrogens is 186 g/mol. The van der Waals surface area contributed by atoms with E-state index in [1.54, 1.807) is 0 Å². The van der Waals surface area contributed by atoms with Crippen LogP contribution in [0.5, 0.6) is 0 Å². The summed E-state index contributed by atoms with van der Waals surface area (Å²) in [7, 11) is 0. The zero-order chi connectivity index (χ0) is 10.7. The largest absolute Gasteiger partial charge is 0.398 e. The van der Waals surface area contributed by atoms with Crippen molar-refractivity contribution in [3.05, 3.63) is 41.5 Å². The van der Waals surface area contributed by atoms with Gasteiger partial charge in [-0.05, 0) is 24.1 Å². The lowest BCUT2D eigenvalue weighted by Gasteiger charge is -2.19. The van der Waals surface area contributed by atoms with Gasteiger partial charge in [-0.25, -0.2) is 0 Å². The third-order valence-electron chi connectivity index (χ3n) is 2.63. The van der Waals surface area contributed by atoms with Gasteiger partial charge in [0.05, 0.1) is 5.71 Å². The second-order valence-corrected chi connectivity index (χ2v) is 3.66. The second kappa shape index (κ2) is 4.28. The number of rotatable bonds is 1. The van der Waals surface area contributed by atoms with Crippen molar-refractivity contribution in [1.29, 1.82) is 5.41 Å². The topological polar surface area (TPSA) is 61.9 Å². The van der Waals surface area contributed by atoms with Crippen molar-refractivity contribution in [2.45, 2.75) is 6.42 Å². The lowest BCUT2D eigenvalue weighted by molar-refractivity contribution is 0.730. The highest BCUT2D eigenvalue weighted by Gasteiger charge is 2.14. The first-order chi connectivity index (χ1) is 7.29. The third kappa shape index (κ3) is 2.07. The van der Waals surface area contributed by atoms with E-state index in [0.29, 0.717) is 12.3 Å². The fourth-order valence-corrected chi connectivity index (χ4v) is 1.77. The van der Waals surface area contributed by atoms with Gasteiger partial charge in [-0.3, -0.25) is 0 Å². The van der Waals surface area contributed by atoms with Gasteiger partial charge in [0.1, 0.15) is 0 Å². The summed E-state index contributed by atoms with van der Waals surface area (Å²) in [5.74, 6) is 0. The maximum atomic E-state index is 7.83. The molecule has 15 heavy (non-hydrogen) atoms. The summed E-state index contributed by atoms with van der Waals surface area (Å²) >= 11 is 0. The van der Waals surface area contributed by atoms with Crippen LogP contribution >= 0.6 is 0 Å². The molecule has 1 heterocycles. The van der Waals surface area contributed by atoms with Crippen LogP contribution in [0.2, 0.25) is 0 Å². The Morgan fingerprint density at radius 1 is 1.27 bits per heavy atom. The van der Waals surface area contributed by atoms with Gasteiger partial charge >= 0.3 is 0 Å². The van der Waals surface area contributed by atoms with E-state index in [9.17, 15) is 0 Å². The minimum Gasteiger partial charge on any atom is -0.398 e. The molecule has 0 aromatic heterocycles. The summed E-state index contributed by atoms with van der Waals surface area (Å²) in [5.41, 5.74) is 9.44. The first-order valence-corrected chi connectivity index (χ1v) is 5.11. The van der Waals surface area contributed by atoms with Crippen LogP contribution in [-0.4, -0.2) is 18.8 Å². The van der Waals surface area contributed by atoms with E-state index in [2.05, 4.69) is 5.32 Å². The number of nitrogens with two attached hydrogens (primary N) is 1. The van der Waals surface area contributed by atoms with Crippen molar-refractivity contribution in [3.63, 3.8) is 0 Å². The molecule has 0 aliphatic carbocycles. The van der Waals surface area contributed by atoms with E-state index in [1.807, 2.05) is 30.3 Å². The number of hydrogen-bond donors (Lipinski definition) is 3. The van der Waals surface area contributed by atoms with Crippen LogP contribution in [0, 0.1) is 5.41 Å². The molecule has 1 fully saturated rings. The smallest absolute Gasteiger partial charge is 0.0505 e. The van der Waals surface area contributed by atoms with Crippen LogP contribution in [0.25, 0.3) is 5.70 Å². The van der Waals surface area contributed by atoms with Crippen LogP contribution < -0.4 is 11.1 Å². The highest BCUT2D eigenvalue weighted by Crippen LogP contribution is 2.18. The molecule has 0 atom stereocenters. The molecule has 0 radical (unpaired) electrons. The van der Waals surface area contributed by atoms with Crippen molar-refractivity contribution < 1.29 is 0 Å². The lowest BCUT2D eigenvalue weighted by atomic mass is 9.97. The van der Waals surface area contributed by atoms with E-state index < -0.39 is 0 Å². The predicted octanol–water partition coefficient (Wildman–Crippen LogP) is 1.37. The van der Waals surface area contributed by atoms with Gasteiger partial charge in [-0.15, -0.1) is 0 Å². The Bertz CT molecular complexity index is 393. The van der Waals surface area contributed by atoms with Crippen molar-refractivity contribution >= 4 is 11.4 Å². The molecule has 1 saturated heterocycles. The summed E-state index contributed by atoms with van der Waals surface area (Å²) in [4.78, 5) is 0. The zero-order valence-corrected chi connectivity index (χ0v) is 8.59. The van der Waals surface area contributed by atoms with Crippen molar-refractivity contribution in [1.82, 2.24) is 5.32 Å². The average Bonchev–Trinajstić information content (AvgIpc) is 2.30. The van der Waals surface area contributed by atoms with Crippen LogP contribution in [0.4, 0.5) is 0 Å². The summed E-state index contributed by atoms with van der Waals surface area (Å²) < 4.78 is 0. The van der Waals surface area contributed by atoms with Gasteiger partial charge in [0.25, 0.3) is 0 Å². The van der Waals surface area contributed by atoms with Crippen molar-refractivity contribution in [3.8, 4) is 0 Å². The minimum absolute atomic E-state index is 0.614. The van der Waals surface area contributed by atoms with Gasteiger partial charge in [0, 0.05) is 12.2 Å². The van der Waals surface area contributed by atoms with E-state index in [-0.39, 0.29) is 0 Å². The standard InChI is InChI=1S/C12H15N3/c13-11-8-15-7-6-10(11)12(14)9-4-2-1-3-5-9/h1-5,13,15H,6-8,14H2. The Morgan fingerprint density at radius 3 is 2.67 bits per heavy atom. The summed E-state index contributed by atoms with van der Waals surface area (Å²) in [6, 6.07) is 9.87. The summed E-state index contributed by atoms with van der Waals surface area (Å²) in [5, 5.41) is 11.0. The molecule has 0 spiro atoms. The predicted molar refractivity (Wildman–Crippen MR) is 62.8 cm³/mol. The maximum Gasteiger partial charge on any atom is 0.0505 e. The molecule has 0 saturated carbocycles. The van der Waals surface area contributed by atoms with Crippen molar-refractivity contribution in [2.75, 3.05) is 13.1 Å². The van der Waals surface area contributed by atoms with Crippen LogP contribution in [0.1, 0.15) is 12.0 Å². The normalized spacial score (nSPS) is 20.1. The first kappa shape index (κ1) is 9.93. The summed E-state index contributed by atoms with van der Waals surface area (Å²) in [6.07, 6.45) is 0.847. The van der Waals surface area contributed by atoms with Crippen LogP contribution in [0.3, 0.4) is 0 Å². The molecule has 1 aromatic rings. The highest BCUT2D eigenvalue weighted by molar-refractivity contribution is 6.05. The van der Waals surface area contributed by atoms with E-state index >= 15 is 0 Å². The van der Waals surface area contributed by atoms with Gasteiger partial charge in [-0.1, -0.05) is 30.3 Å². The lowest BCUT2D eigenvalue weighted by Crippen LogP contribution is -2.32. The Labute approximate surface area is 89.5 Å². The van der Waals surface area contributed by atoms with Crippen LogP contribution in [0.15, 0.2) is 35.9 Å². The fraction of sp³-hybridized carbons (Fsp3) is 0.250. The average molecular weight is 201 g/mol. The van der Waals surface area contributed by atoms with Crippen LogP contribution in [-0.2, 0) is 0 Å². The third-order valence-corrected chi connectivity index (χ3v) is 2.63. The quantitative estimate of drug-likeness (QED) is 0.642. The Balaban J connectivity index is 2.35. The minimum atomic E-state index is 0.614. The molecule has 0 unspecified atom stereocenters. The number of benzene rings is 1.